The van der Waals surface area contributed by atoms with E-state index in [2.05, 4.69) is 0 Å². The predicted molar refractivity (Wildman–Crippen MR) is 74.5 cm³/mol. The van der Waals surface area contributed by atoms with Gasteiger partial charge in [-0.05, 0) is 33.8 Å². The minimum Gasteiger partial charge on any atom is -0.389 e. The van der Waals surface area contributed by atoms with Crippen LogP contribution < -0.4 is 0 Å². The Morgan fingerprint density at radius 3 is 2.28 bits per heavy atom. The van der Waals surface area contributed by atoms with Gasteiger partial charge < -0.3 is 5.11 Å². The van der Waals surface area contributed by atoms with Crippen molar-refractivity contribution in [1.82, 2.24) is 4.31 Å². The third kappa shape index (κ3) is 3.54. The zero-order valence-corrected chi connectivity index (χ0v) is 13.2. The summed E-state index contributed by atoms with van der Waals surface area (Å²) in [5, 5.41) is 9.80. The van der Waals surface area contributed by atoms with Crippen molar-refractivity contribution in [3.05, 3.63) is 15.8 Å². The van der Waals surface area contributed by atoms with Gasteiger partial charge in [-0.1, -0.05) is 6.92 Å². The van der Waals surface area contributed by atoms with Crippen LogP contribution in [0.3, 0.4) is 0 Å². The van der Waals surface area contributed by atoms with Crippen molar-refractivity contribution in [2.75, 3.05) is 13.1 Å². The number of sulfonamides is 1. The van der Waals surface area contributed by atoms with Crippen LogP contribution in [0.2, 0.25) is 0 Å². The topological polar surface area (TPSA) is 57.6 Å². The number of thiophene rings is 1. The Bertz CT molecular complexity index is 512. The van der Waals surface area contributed by atoms with Crippen LogP contribution in [0.5, 0.6) is 0 Å². The van der Waals surface area contributed by atoms with Gasteiger partial charge in [0.05, 0.1) is 10.5 Å². The van der Waals surface area contributed by atoms with Crippen LogP contribution in [0.4, 0.5) is 0 Å². The molecular weight excluding hydrogens is 270 g/mol. The van der Waals surface area contributed by atoms with Crippen molar-refractivity contribution in [2.45, 2.75) is 45.1 Å². The molecule has 1 rings (SSSR count). The van der Waals surface area contributed by atoms with Crippen LogP contribution in [-0.2, 0) is 10.0 Å². The van der Waals surface area contributed by atoms with Gasteiger partial charge in [0.25, 0.3) is 0 Å². The summed E-state index contributed by atoms with van der Waals surface area (Å²) < 4.78 is 26.3. The molecule has 1 N–H and O–H groups in total. The fourth-order valence-electron chi connectivity index (χ4n) is 1.80. The predicted octanol–water partition coefficient (Wildman–Crippen LogP) is 2.15. The van der Waals surface area contributed by atoms with E-state index in [0.29, 0.717) is 11.4 Å². The molecule has 0 aromatic carbocycles. The van der Waals surface area contributed by atoms with Gasteiger partial charge in [0.15, 0.2) is 0 Å². The van der Waals surface area contributed by atoms with Crippen LogP contribution in [0.1, 0.15) is 30.5 Å². The molecular formula is C12H21NO3S2. The number of aryl methyl sites for hydroxylation is 2. The molecule has 0 saturated carbocycles. The Kier molecular flexibility index (Phi) is 4.59. The van der Waals surface area contributed by atoms with Gasteiger partial charge in [-0.25, -0.2) is 8.42 Å². The lowest BCUT2D eigenvalue weighted by Crippen LogP contribution is -2.42. The molecule has 1 heterocycles. The molecule has 104 valence electrons. The molecule has 0 atom stereocenters. The summed E-state index contributed by atoms with van der Waals surface area (Å²) in [7, 11) is -3.51. The lowest BCUT2D eigenvalue weighted by Gasteiger charge is -2.27. The largest absolute Gasteiger partial charge is 0.389 e. The molecule has 1 aromatic rings. The van der Waals surface area contributed by atoms with Crippen LogP contribution in [0, 0.1) is 13.8 Å². The third-order valence-corrected chi connectivity index (χ3v) is 5.67. The van der Waals surface area contributed by atoms with Crippen molar-refractivity contribution < 1.29 is 13.5 Å². The Morgan fingerprint density at radius 1 is 1.39 bits per heavy atom. The van der Waals surface area contributed by atoms with E-state index in [1.807, 2.05) is 13.8 Å². The summed E-state index contributed by atoms with van der Waals surface area (Å²) in [6, 6.07) is 1.70. The molecule has 0 spiro atoms. The van der Waals surface area contributed by atoms with E-state index < -0.39 is 15.6 Å². The van der Waals surface area contributed by atoms with Crippen molar-refractivity contribution in [3.8, 4) is 0 Å². The van der Waals surface area contributed by atoms with Crippen LogP contribution in [0.15, 0.2) is 11.0 Å². The molecule has 6 heteroatoms. The van der Waals surface area contributed by atoms with Crippen molar-refractivity contribution in [3.63, 3.8) is 0 Å². The van der Waals surface area contributed by atoms with E-state index >= 15 is 0 Å². The van der Waals surface area contributed by atoms with E-state index in [1.54, 1.807) is 26.8 Å². The fourth-order valence-corrected chi connectivity index (χ4v) is 4.93. The second-order valence-corrected chi connectivity index (χ2v) is 8.39. The van der Waals surface area contributed by atoms with Gasteiger partial charge in [-0.3, -0.25) is 0 Å². The summed E-state index contributed by atoms with van der Waals surface area (Å²) in [4.78, 5) is 2.13. The Labute approximate surface area is 113 Å². The SMILES string of the molecule is CCN(CC(C)(C)O)S(=O)(=O)c1cc(C)sc1C. The molecule has 0 bridgehead atoms. The summed E-state index contributed by atoms with van der Waals surface area (Å²) in [6.45, 7) is 9.14. The van der Waals surface area contributed by atoms with E-state index in [9.17, 15) is 13.5 Å². The molecule has 0 unspecified atom stereocenters. The number of hydrogen-bond donors (Lipinski definition) is 1. The minimum absolute atomic E-state index is 0.0974. The quantitative estimate of drug-likeness (QED) is 0.904. The first-order valence-electron chi connectivity index (χ1n) is 5.87. The Hall–Kier alpha value is -0.430. The first kappa shape index (κ1) is 15.6. The molecule has 0 aliphatic heterocycles. The zero-order valence-electron chi connectivity index (χ0n) is 11.5. The monoisotopic (exact) mass is 291 g/mol. The van der Waals surface area contributed by atoms with Gasteiger partial charge in [-0.15, -0.1) is 11.3 Å². The zero-order chi connectivity index (χ0) is 14.1. The number of hydrogen-bond acceptors (Lipinski definition) is 4. The smallest absolute Gasteiger partial charge is 0.244 e. The number of aliphatic hydroxyl groups is 1. The highest BCUT2D eigenvalue weighted by Gasteiger charge is 2.30. The number of likely N-dealkylation sites (N-methyl/N-ethyl adjacent to an activating group) is 1. The van der Waals surface area contributed by atoms with Crippen LogP contribution >= 0.6 is 11.3 Å². The molecule has 0 aliphatic carbocycles. The van der Waals surface area contributed by atoms with E-state index in [-0.39, 0.29) is 6.54 Å². The summed E-state index contributed by atoms with van der Waals surface area (Å²) in [5.74, 6) is 0. The van der Waals surface area contributed by atoms with Crippen LogP contribution in [-0.4, -0.2) is 36.5 Å². The van der Waals surface area contributed by atoms with Gasteiger partial charge in [0.2, 0.25) is 10.0 Å². The normalized spacial score (nSPS) is 13.3. The van der Waals surface area contributed by atoms with Crippen LogP contribution in [0.25, 0.3) is 0 Å². The molecule has 18 heavy (non-hydrogen) atoms. The lowest BCUT2D eigenvalue weighted by atomic mass is 10.1. The Balaban J connectivity index is 3.15. The Morgan fingerprint density at radius 2 is 1.94 bits per heavy atom. The van der Waals surface area contributed by atoms with Crippen molar-refractivity contribution in [2.24, 2.45) is 0 Å². The molecule has 0 saturated heterocycles. The highest BCUT2D eigenvalue weighted by atomic mass is 32.2. The van der Waals surface area contributed by atoms with E-state index in [0.717, 1.165) is 9.75 Å². The second-order valence-electron chi connectivity index (χ2n) is 5.02. The van der Waals surface area contributed by atoms with Gasteiger partial charge in [0, 0.05) is 22.8 Å². The first-order valence-corrected chi connectivity index (χ1v) is 8.13. The average molecular weight is 291 g/mol. The molecule has 1 aromatic heterocycles. The summed E-state index contributed by atoms with van der Waals surface area (Å²) >= 11 is 1.47. The molecule has 0 aliphatic rings. The fraction of sp³-hybridized carbons (Fsp3) is 0.667. The molecule has 0 fully saturated rings. The standard InChI is InChI=1S/C12H21NO3S2/c1-6-13(8-12(4,5)14)18(15,16)11-7-9(2)17-10(11)3/h7,14H,6,8H2,1-5H3. The molecule has 0 amide bonds. The molecule has 0 radical (unpaired) electrons. The first-order chi connectivity index (χ1) is 8.08. The summed E-state index contributed by atoms with van der Waals surface area (Å²) in [5.41, 5.74) is -1.04. The van der Waals surface area contributed by atoms with Crippen molar-refractivity contribution in [1.29, 1.82) is 0 Å². The van der Waals surface area contributed by atoms with E-state index in [4.69, 9.17) is 0 Å². The maximum absolute atomic E-state index is 12.5. The average Bonchev–Trinajstić information content (AvgIpc) is 2.53. The third-order valence-electron chi connectivity index (χ3n) is 2.53. The highest BCUT2D eigenvalue weighted by molar-refractivity contribution is 7.89. The van der Waals surface area contributed by atoms with Gasteiger partial charge >= 0.3 is 0 Å². The minimum atomic E-state index is -3.51. The van der Waals surface area contributed by atoms with Gasteiger partial charge in [-0.2, -0.15) is 4.31 Å². The number of rotatable bonds is 5. The lowest BCUT2D eigenvalue weighted by molar-refractivity contribution is 0.0601. The van der Waals surface area contributed by atoms with E-state index in [1.165, 1.54) is 15.6 Å². The number of nitrogens with zero attached hydrogens (tertiary/aromatic N) is 1. The second kappa shape index (κ2) is 5.28. The maximum atomic E-state index is 12.5. The van der Waals surface area contributed by atoms with Gasteiger partial charge in [0.1, 0.15) is 0 Å². The maximum Gasteiger partial charge on any atom is 0.244 e. The highest BCUT2D eigenvalue weighted by Crippen LogP contribution is 2.28. The van der Waals surface area contributed by atoms with Crippen molar-refractivity contribution >= 4 is 21.4 Å². The molecule has 4 nitrogen and oxygen atoms in total. The summed E-state index contributed by atoms with van der Waals surface area (Å²) in [6.07, 6.45) is 0.